The zero-order valence-corrected chi connectivity index (χ0v) is 14.6. The van der Waals surface area contributed by atoms with Crippen LogP contribution >= 0.6 is 0 Å². The van der Waals surface area contributed by atoms with Gasteiger partial charge in [-0.25, -0.2) is 9.48 Å². The third-order valence-corrected chi connectivity index (χ3v) is 3.82. The fraction of sp³-hybridized carbons (Fsp3) is 0.158. The van der Waals surface area contributed by atoms with Crippen LogP contribution in [0.2, 0.25) is 0 Å². The van der Waals surface area contributed by atoms with E-state index in [9.17, 15) is 18.0 Å². The van der Waals surface area contributed by atoms with Crippen molar-refractivity contribution in [1.29, 1.82) is 5.26 Å². The first-order valence-corrected chi connectivity index (χ1v) is 8.14. The maximum Gasteiger partial charge on any atom is 0.417 e. The molecule has 0 saturated carbocycles. The van der Waals surface area contributed by atoms with Crippen molar-refractivity contribution < 1.29 is 22.7 Å². The molecule has 0 spiro atoms. The standard InChI is InChI=1S/C19H13F3N4O2/c1-2-28-18(27)16-9-17(13-4-3-7-24-11-13)26(25-16)14-6-5-12(10-23)15(8-14)19(20,21)22/h3-9,11H,2H2,1H3. The van der Waals surface area contributed by atoms with E-state index in [0.717, 1.165) is 12.1 Å². The van der Waals surface area contributed by atoms with Gasteiger partial charge in [-0.1, -0.05) is 0 Å². The molecule has 3 rings (SSSR count). The molecule has 0 N–H and O–H groups in total. The molecule has 0 unspecified atom stereocenters. The zero-order valence-electron chi connectivity index (χ0n) is 14.6. The smallest absolute Gasteiger partial charge is 0.417 e. The number of carbonyl (C=O) groups is 1. The second kappa shape index (κ2) is 7.52. The van der Waals surface area contributed by atoms with Gasteiger partial charge in [0.1, 0.15) is 0 Å². The maximum absolute atomic E-state index is 13.3. The molecule has 0 atom stereocenters. The first-order valence-electron chi connectivity index (χ1n) is 8.14. The molecule has 142 valence electrons. The van der Waals surface area contributed by atoms with E-state index in [0.29, 0.717) is 11.3 Å². The van der Waals surface area contributed by atoms with Crippen LogP contribution in [0.1, 0.15) is 28.5 Å². The summed E-state index contributed by atoms with van der Waals surface area (Å²) in [6.07, 6.45) is -1.68. The second-order valence-electron chi connectivity index (χ2n) is 5.63. The van der Waals surface area contributed by atoms with Gasteiger partial charge in [-0.3, -0.25) is 4.98 Å². The van der Waals surface area contributed by atoms with Crippen molar-refractivity contribution in [3.8, 4) is 23.0 Å². The zero-order chi connectivity index (χ0) is 20.3. The summed E-state index contributed by atoms with van der Waals surface area (Å²) in [7, 11) is 0. The topological polar surface area (TPSA) is 80.8 Å². The average molecular weight is 386 g/mol. The highest BCUT2D eigenvalue weighted by molar-refractivity contribution is 5.89. The minimum atomic E-state index is -4.72. The Balaban J connectivity index is 2.21. The van der Waals surface area contributed by atoms with E-state index in [-0.39, 0.29) is 18.0 Å². The van der Waals surface area contributed by atoms with Gasteiger partial charge in [-0.15, -0.1) is 0 Å². The Bertz CT molecular complexity index is 1050. The highest BCUT2D eigenvalue weighted by Crippen LogP contribution is 2.34. The van der Waals surface area contributed by atoms with Crippen molar-refractivity contribution >= 4 is 5.97 Å². The first kappa shape index (κ1) is 19.1. The number of nitrogens with zero attached hydrogens (tertiary/aromatic N) is 4. The summed E-state index contributed by atoms with van der Waals surface area (Å²) in [5.74, 6) is -0.698. The van der Waals surface area contributed by atoms with Crippen molar-refractivity contribution in [1.82, 2.24) is 14.8 Å². The van der Waals surface area contributed by atoms with E-state index in [1.807, 2.05) is 0 Å². The highest BCUT2D eigenvalue weighted by atomic mass is 19.4. The van der Waals surface area contributed by atoms with Gasteiger partial charge in [0.05, 0.1) is 35.2 Å². The number of aromatic nitrogens is 3. The first-order chi connectivity index (χ1) is 13.3. The number of hydrogen-bond donors (Lipinski definition) is 0. The number of carbonyl (C=O) groups excluding carboxylic acids is 1. The van der Waals surface area contributed by atoms with Crippen molar-refractivity contribution in [2.45, 2.75) is 13.1 Å². The van der Waals surface area contributed by atoms with Gasteiger partial charge in [0.15, 0.2) is 5.69 Å². The molecule has 0 radical (unpaired) electrons. The summed E-state index contributed by atoms with van der Waals surface area (Å²) in [5.41, 5.74) is -0.702. The van der Waals surface area contributed by atoms with E-state index < -0.39 is 23.3 Å². The summed E-state index contributed by atoms with van der Waals surface area (Å²) in [4.78, 5) is 16.1. The molecule has 0 fully saturated rings. The Morgan fingerprint density at radius 1 is 1.29 bits per heavy atom. The predicted octanol–water partition coefficient (Wildman–Crippen LogP) is 4.00. The van der Waals surface area contributed by atoms with Gasteiger partial charge >= 0.3 is 12.1 Å². The molecular weight excluding hydrogens is 373 g/mol. The maximum atomic E-state index is 13.3. The Kier molecular flexibility index (Phi) is 5.13. The van der Waals surface area contributed by atoms with Crippen LogP contribution < -0.4 is 0 Å². The predicted molar refractivity (Wildman–Crippen MR) is 92.5 cm³/mol. The van der Waals surface area contributed by atoms with Gasteiger partial charge in [0.25, 0.3) is 0 Å². The molecule has 0 amide bonds. The molecule has 9 heteroatoms. The minimum Gasteiger partial charge on any atom is -0.461 e. The second-order valence-corrected chi connectivity index (χ2v) is 5.63. The van der Waals surface area contributed by atoms with E-state index in [2.05, 4.69) is 10.1 Å². The lowest BCUT2D eigenvalue weighted by atomic mass is 10.1. The Morgan fingerprint density at radius 3 is 2.68 bits per heavy atom. The van der Waals surface area contributed by atoms with Crippen molar-refractivity contribution in [3.63, 3.8) is 0 Å². The Hall–Kier alpha value is -3.67. The molecule has 0 aliphatic carbocycles. The monoisotopic (exact) mass is 386 g/mol. The number of hydrogen-bond acceptors (Lipinski definition) is 5. The summed E-state index contributed by atoms with van der Waals surface area (Å²) in [6.45, 7) is 1.76. The van der Waals surface area contributed by atoms with Gasteiger partial charge in [0.2, 0.25) is 0 Å². The van der Waals surface area contributed by atoms with Crippen LogP contribution in [0, 0.1) is 11.3 Å². The third kappa shape index (κ3) is 3.71. The van der Waals surface area contributed by atoms with Gasteiger partial charge < -0.3 is 4.74 Å². The largest absolute Gasteiger partial charge is 0.461 e. The molecule has 2 aromatic heterocycles. The number of esters is 1. The van der Waals surface area contributed by atoms with Crippen molar-refractivity contribution in [3.05, 3.63) is 65.6 Å². The van der Waals surface area contributed by atoms with Crippen LogP contribution in [0.5, 0.6) is 0 Å². The SMILES string of the molecule is CCOC(=O)c1cc(-c2cccnc2)n(-c2ccc(C#N)c(C(F)(F)F)c2)n1. The fourth-order valence-electron chi connectivity index (χ4n) is 2.60. The normalized spacial score (nSPS) is 11.1. The number of rotatable bonds is 4. The van der Waals surface area contributed by atoms with E-state index in [1.165, 1.54) is 29.1 Å². The lowest BCUT2D eigenvalue weighted by molar-refractivity contribution is -0.137. The number of pyridine rings is 1. The molecular formula is C19H13F3N4O2. The number of ether oxygens (including phenoxy) is 1. The summed E-state index contributed by atoms with van der Waals surface area (Å²) >= 11 is 0. The average Bonchev–Trinajstić information content (AvgIpc) is 3.13. The van der Waals surface area contributed by atoms with Crippen LogP contribution in [0.15, 0.2) is 48.8 Å². The molecule has 0 aliphatic heterocycles. The van der Waals surface area contributed by atoms with Gasteiger partial charge in [-0.2, -0.15) is 23.5 Å². The van der Waals surface area contributed by atoms with E-state index >= 15 is 0 Å². The van der Waals surface area contributed by atoms with E-state index in [4.69, 9.17) is 10.00 Å². The van der Waals surface area contributed by atoms with Crippen LogP contribution in [0.4, 0.5) is 13.2 Å². The lowest BCUT2D eigenvalue weighted by Crippen LogP contribution is -2.10. The van der Waals surface area contributed by atoms with Gasteiger partial charge in [-0.05, 0) is 43.3 Å². The summed E-state index contributed by atoms with van der Waals surface area (Å²) < 4.78 is 46.1. The fourth-order valence-corrected chi connectivity index (χ4v) is 2.60. The molecule has 0 aliphatic rings. The number of halogens is 3. The number of alkyl halides is 3. The van der Waals surface area contributed by atoms with Gasteiger partial charge in [0, 0.05) is 18.0 Å². The van der Waals surface area contributed by atoms with Crippen LogP contribution in [-0.4, -0.2) is 27.3 Å². The lowest BCUT2D eigenvalue weighted by Gasteiger charge is -2.12. The molecule has 0 saturated heterocycles. The molecule has 28 heavy (non-hydrogen) atoms. The molecule has 0 bridgehead atoms. The molecule has 3 aromatic rings. The van der Waals surface area contributed by atoms with Crippen LogP contribution in [0.3, 0.4) is 0 Å². The van der Waals surface area contributed by atoms with Crippen LogP contribution in [0.25, 0.3) is 16.9 Å². The van der Waals surface area contributed by atoms with Crippen molar-refractivity contribution in [2.24, 2.45) is 0 Å². The van der Waals surface area contributed by atoms with E-state index in [1.54, 1.807) is 25.3 Å². The Morgan fingerprint density at radius 2 is 2.07 bits per heavy atom. The number of benzene rings is 1. The molecule has 2 heterocycles. The summed E-state index contributed by atoms with van der Waals surface area (Å²) in [6, 6.07) is 9.50. The summed E-state index contributed by atoms with van der Waals surface area (Å²) in [5, 5.41) is 13.1. The minimum absolute atomic E-state index is 0.0423. The van der Waals surface area contributed by atoms with Crippen molar-refractivity contribution in [2.75, 3.05) is 6.61 Å². The molecule has 6 nitrogen and oxygen atoms in total. The molecule has 1 aromatic carbocycles. The highest BCUT2D eigenvalue weighted by Gasteiger charge is 2.34. The van der Waals surface area contributed by atoms with Crippen LogP contribution in [-0.2, 0) is 10.9 Å². The number of nitriles is 1. The quantitative estimate of drug-likeness (QED) is 0.633. The third-order valence-electron chi connectivity index (χ3n) is 3.82. The Labute approximate surface area is 157 Å².